The zero-order chi connectivity index (χ0) is 69.5. The van der Waals surface area contributed by atoms with E-state index in [2.05, 4.69) is 342 Å². The van der Waals surface area contributed by atoms with Gasteiger partial charge in [-0.3, -0.25) is 0 Å². The minimum absolute atomic E-state index is 0.882. The highest BCUT2D eigenvalue weighted by Crippen LogP contribution is 2.45. The Morgan fingerprint density at radius 1 is 0.257 bits per heavy atom. The van der Waals surface area contributed by atoms with Crippen LogP contribution >= 0.6 is 38.6 Å². The van der Waals surface area contributed by atoms with Crippen LogP contribution in [-0.2, 0) is 6.42 Å². The number of nitrogens with zero attached hydrogens (tertiary/aromatic N) is 5. The van der Waals surface area contributed by atoms with Crippen molar-refractivity contribution in [3.8, 4) is 84.1 Å². The molecule has 1 aliphatic rings. The summed E-state index contributed by atoms with van der Waals surface area (Å²) in [4.78, 5) is 23.1. The van der Waals surface area contributed by atoms with Gasteiger partial charge in [-0.15, -0.1) is 22.7 Å². The van der Waals surface area contributed by atoms with E-state index >= 15 is 0 Å². The molecule has 16 aromatic carbocycles. The lowest BCUT2D eigenvalue weighted by molar-refractivity contribution is 1.18. The number of benzene rings is 16. The van der Waals surface area contributed by atoms with Crippen LogP contribution in [0.5, 0.6) is 0 Å². The number of hydrogen-bond acceptors (Lipinski definition) is 6. The third kappa shape index (κ3) is 11.4. The molecule has 5 heterocycles. The monoisotopic (exact) mass is 1440 g/mol. The SMILES string of the molecule is Brc1cccc(-c2nc3sc4cc(-c5ccc6ccccc6c5)ccc4c3nc2-c2ccccc2)c1.c1ccc(-c2nc3c(nc2-c2cccc(-n4c5ccccc5c5cc6ccccc6cc54)c2)sc2cc(-c4ccc5ccccc5c4)ccc23)cc1.c1ccc2c(c1)Cc1cc3ccccc3cc1-2. The number of hydrogen-bond donors (Lipinski definition) is 0. The molecule has 0 fully saturated rings. The molecule has 0 aliphatic heterocycles. The molecule has 0 N–H and O–H groups in total. The van der Waals surface area contributed by atoms with Gasteiger partial charge in [-0.2, -0.15) is 0 Å². The number of aromatic nitrogens is 5. The van der Waals surface area contributed by atoms with Crippen LogP contribution in [0.4, 0.5) is 0 Å². The molecule has 1 aliphatic carbocycles. The van der Waals surface area contributed by atoms with Crippen molar-refractivity contribution >= 4 is 144 Å². The molecular formula is C97H60BrN5S2. The molecule has 0 unspecified atom stereocenters. The van der Waals surface area contributed by atoms with Crippen LogP contribution in [0.25, 0.3) is 190 Å². The highest BCUT2D eigenvalue weighted by molar-refractivity contribution is 9.10. The Balaban J connectivity index is 0.000000118. The fourth-order valence-electron chi connectivity index (χ4n) is 15.4. The molecular weight excluding hydrogens is 1380 g/mol. The van der Waals surface area contributed by atoms with Crippen LogP contribution in [0.15, 0.2) is 356 Å². The van der Waals surface area contributed by atoms with Gasteiger partial charge in [0, 0.05) is 63.4 Å². The van der Waals surface area contributed by atoms with E-state index in [1.54, 1.807) is 22.7 Å². The summed E-state index contributed by atoms with van der Waals surface area (Å²) in [5, 5.41) is 14.9. The van der Waals surface area contributed by atoms with Gasteiger partial charge >= 0.3 is 0 Å². The second kappa shape index (κ2) is 26.1. The third-order valence-electron chi connectivity index (χ3n) is 20.6. The normalized spacial score (nSPS) is 11.8. The summed E-state index contributed by atoms with van der Waals surface area (Å²) in [6.45, 7) is 0. The van der Waals surface area contributed by atoms with Gasteiger partial charge in [0.1, 0.15) is 20.7 Å². The first-order valence-electron chi connectivity index (χ1n) is 35.4. The molecule has 492 valence electrons. The lowest BCUT2D eigenvalue weighted by Gasteiger charge is -2.13. The maximum absolute atomic E-state index is 5.44. The van der Waals surface area contributed by atoms with Crippen molar-refractivity contribution in [2.45, 2.75) is 6.42 Å². The Hall–Kier alpha value is -12.6. The summed E-state index contributed by atoms with van der Waals surface area (Å²) >= 11 is 7.04. The molecule has 0 spiro atoms. The van der Waals surface area contributed by atoms with Crippen LogP contribution < -0.4 is 0 Å². The predicted octanol–water partition coefficient (Wildman–Crippen LogP) is 27.4. The van der Waals surface area contributed by atoms with E-state index in [1.807, 2.05) is 30.3 Å². The molecule has 105 heavy (non-hydrogen) atoms. The first kappa shape index (κ1) is 62.2. The van der Waals surface area contributed by atoms with E-state index in [1.165, 1.54) is 119 Å². The van der Waals surface area contributed by atoms with Crippen LogP contribution in [0.1, 0.15) is 11.1 Å². The molecule has 5 aromatic heterocycles. The fourth-order valence-corrected chi connectivity index (χ4v) is 17.9. The Morgan fingerprint density at radius 3 is 1.30 bits per heavy atom. The summed E-state index contributed by atoms with van der Waals surface area (Å²) in [6, 6.07) is 126. The van der Waals surface area contributed by atoms with Crippen molar-refractivity contribution in [2.75, 3.05) is 0 Å². The Labute approximate surface area is 622 Å². The molecule has 0 saturated heterocycles. The summed E-state index contributed by atoms with van der Waals surface area (Å²) in [5.74, 6) is 0. The molecule has 0 bridgehead atoms. The van der Waals surface area contributed by atoms with Gasteiger partial charge < -0.3 is 4.57 Å². The van der Waals surface area contributed by atoms with E-state index < -0.39 is 0 Å². The van der Waals surface area contributed by atoms with Crippen LogP contribution in [0.3, 0.4) is 0 Å². The van der Waals surface area contributed by atoms with Crippen molar-refractivity contribution < 1.29 is 0 Å². The van der Waals surface area contributed by atoms with Gasteiger partial charge in [0.2, 0.25) is 0 Å². The largest absolute Gasteiger partial charge is 0.309 e. The number of halogens is 1. The lowest BCUT2D eigenvalue weighted by atomic mass is 10.0. The van der Waals surface area contributed by atoms with E-state index in [-0.39, 0.29) is 0 Å². The Bertz CT molecular complexity index is 7040. The van der Waals surface area contributed by atoms with E-state index in [0.717, 1.165) is 93.1 Å². The van der Waals surface area contributed by atoms with Crippen molar-refractivity contribution in [1.29, 1.82) is 0 Å². The zero-order valence-corrected chi connectivity index (χ0v) is 59.8. The first-order valence-corrected chi connectivity index (χ1v) is 37.8. The van der Waals surface area contributed by atoms with Crippen molar-refractivity contribution in [3.05, 3.63) is 367 Å². The number of para-hydroxylation sites is 1. The van der Waals surface area contributed by atoms with Crippen molar-refractivity contribution in [3.63, 3.8) is 0 Å². The minimum atomic E-state index is 0.882. The van der Waals surface area contributed by atoms with E-state index in [4.69, 9.17) is 19.9 Å². The van der Waals surface area contributed by atoms with Crippen molar-refractivity contribution in [2.24, 2.45) is 0 Å². The summed E-state index contributed by atoms with van der Waals surface area (Å²) in [7, 11) is 0. The highest BCUT2D eigenvalue weighted by atomic mass is 79.9. The van der Waals surface area contributed by atoms with Crippen molar-refractivity contribution in [1.82, 2.24) is 24.5 Å². The molecule has 0 radical (unpaired) electrons. The van der Waals surface area contributed by atoms with Gasteiger partial charge in [-0.1, -0.05) is 295 Å². The van der Waals surface area contributed by atoms with Gasteiger partial charge in [-0.25, -0.2) is 19.9 Å². The molecule has 22 rings (SSSR count). The molecule has 0 saturated carbocycles. The predicted molar refractivity (Wildman–Crippen MR) is 449 cm³/mol. The van der Waals surface area contributed by atoms with Gasteiger partial charge in [0.25, 0.3) is 0 Å². The molecule has 0 atom stereocenters. The lowest BCUT2D eigenvalue weighted by Crippen LogP contribution is -1.97. The number of rotatable bonds is 7. The Kier molecular flexibility index (Phi) is 15.4. The van der Waals surface area contributed by atoms with E-state index in [9.17, 15) is 0 Å². The Morgan fingerprint density at radius 2 is 0.705 bits per heavy atom. The third-order valence-corrected chi connectivity index (χ3v) is 23.1. The second-order valence-corrected chi connectivity index (χ2v) is 29.9. The molecule has 5 nitrogen and oxygen atoms in total. The van der Waals surface area contributed by atoms with Crippen LogP contribution in [-0.4, -0.2) is 24.5 Å². The smallest absolute Gasteiger partial charge is 0.143 e. The summed E-state index contributed by atoms with van der Waals surface area (Å²) < 4.78 is 5.80. The molecule has 8 heteroatoms. The van der Waals surface area contributed by atoms with Crippen LogP contribution in [0, 0.1) is 0 Å². The standard InChI is InChI=1S/C48H29N3S.C32H19BrN2S.C17H12/c1-2-12-31(13-3-1)45-46(50-48-47(49-45)40-24-23-36(29-44(40)52-48)35-22-21-30-11-4-5-14-32(30)25-35)37-17-10-18-38(26-37)51-42-20-9-8-19-39(42)41-27-33-15-6-7-16-34(33)28-43(41)51;33-26-12-6-11-25(18-26)30-29(21-8-2-1-3-9-21)34-31-27-16-15-24(19-28(27)36-32(31)35-30)23-14-13-20-7-4-5-10-22(20)17-23;1-2-6-13-11-17-15(9-12(13)5-1)10-14-7-3-4-8-16(14)17/h1-29H;1-19H;1-9,11H,10H2. The van der Waals surface area contributed by atoms with Crippen LogP contribution in [0.2, 0.25) is 0 Å². The zero-order valence-electron chi connectivity index (χ0n) is 56.6. The number of fused-ring (bicyclic) bond motifs is 16. The maximum Gasteiger partial charge on any atom is 0.143 e. The first-order chi connectivity index (χ1) is 51.9. The quantitative estimate of drug-likeness (QED) is 0.160. The van der Waals surface area contributed by atoms with Gasteiger partial charge in [-0.05, 0) is 167 Å². The van der Waals surface area contributed by atoms with Gasteiger partial charge in [0.05, 0.1) is 33.8 Å². The average molecular weight is 1440 g/mol. The van der Waals surface area contributed by atoms with Gasteiger partial charge in [0.15, 0.2) is 0 Å². The fraction of sp³-hybridized carbons (Fsp3) is 0.0103. The molecule has 21 aromatic rings. The summed E-state index contributed by atoms with van der Waals surface area (Å²) in [5.41, 5.74) is 23.7. The van der Waals surface area contributed by atoms with E-state index in [0.29, 0.717) is 0 Å². The summed E-state index contributed by atoms with van der Waals surface area (Å²) in [6.07, 6.45) is 1.08. The topological polar surface area (TPSA) is 56.5 Å². The molecule has 0 amide bonds. The minimum Gasteiger partial charge on any atom is -0.309 e. The average Bonchev–Trinajstić information content (AvgIpc) is 1.77. The maximum atomic E-state index is 5.44. The second-order valence-electron chi connectivity index (χ2n) is 27.0. The highest BCUT2D eigenvalue weighted by Gasteiger charge is 2.23. The number of thiophene rings is 2.